The molecule has 1 aliphatic carbocycles. The fourth-order valence-corrected chi connectivity index (χ4v) is 1.46. The van der Waals surface area contributed by atoms with Crippen molar-refractivity contribution in [3.05, 3.63) is 36.1 Å². The maximum absolute atomic E-state index is 12.7. The monoisotopic (exact) mass is 257 g/mol. The van der Waals surface area contributed by atoms with E-state index in [0.717, 1.165) is 0 Å². The van der Waals surface area contributed by atoms with E-state index in [1.165, 1.54) is 0 Å². The van der Waals surface area contributed by atoms with Gasteiger partial charge in [0.2, 0.25) is 0 Å². The normalized spacial score (nSPS) is 26.4. The standard InChI is InChI=1S/C10H9F6N/c11-9(12,13)7-1-3-8(4-2-7,5-6-17)10(14,15)16/h1-3,5-6H,4,17H2. The molecule has 0 saturated carbocycles. The first kappa shape index (κ1) is 13.7. The predicted octanol–water partition coefficient (Wildman–Crippen LogP) is 3.46. The summed E-state index contributed by atoms with van der Waals surface area (Å²) in [4.78, 5) is 0. The van der Waals surface area contributed by atoms with E-state index in [4.69, 9.17) is 5.73 Å². The number of rotatable bonds is 1. The third kappa shape index (κ3) is 2.65. The van der Waals surface area contributed by atoms with Gasteiger partial charge in [0.1, 0.15) is 5.41 Å². The van der Waals surface area contributed by atoms with Crippen LogP contribution in [0.5, 0.6) is 0 Å². The summed E-state index contributed by atoms with van der Waals surface area (Å²) in [7, 11) is 0. The maximum atomic E-state index is 12.7. The summed E-state index contributed by atoms with van der Waals surface area (Å²) in [6.07, 6.45) is -7.37. The lowest BCUT2D eigenvalue weighted by Crippen LogP contribution is -2.36. The molecule has 1 unspecified atom stereocenters. The first-order chi connectivity index (χ1) is 7.62. The van der Waals surface area contributed by atoms with Crippen molar-refractivity contribution in [2.24, 2.45) is 11.1 Å². The molecular weight excluding hydrogens is 248 g/mol. The molecule has 0 fully saturated rings. The molecule has 0 aromatic carbocycles. The molecule has 7 heteroatoms. The van der Waals surface area contributed by atoms with Crippen LogP contribution < -0.4 is 5.73 Å². The van der Waals surface area contributed by atoms with Crippen molar-refractivity contribution < 1.29 is 26.3 Å². The second kappa shape index (κ2) is 4.12. The predicted molar refractivity (Wildman–Crippen MR) is 49.7 cm³/mol. The van der Waals surface area contributed by atoms with Gasteiger partial charge in [-0.1, -0.05) is 18.2 Å². The molecule has 2 N–H and O–H groups in total. The molecule has 0 radical (unpaired) electrons. The molecule has 0 bridgehead atoms. The van der Waals surface area contributed by atoms with Gasteiger partial charge in [0.25, 0.3) is 0 Å². The smallest absolute Gasteiger partial charge is 0.405 e. The Morgan fingerprint density at radius 1 is 1.18 bits per heavy atom. The summed E-state index contributed by atoms with van der Waals surface area (Å²) >= 11 is 0. The molecule has 17 heavy (non-hydrogen) atoms. The lowest BCUT2D eigenvalue weighted by Gasteiger charge is -2.31. The highest BCUT2D eigenvalue weighted by Gasteiger charge is 2.52. The van der Waals surface area contributed by atoms with Crippen LogP contribution in [0.15, 0.2) is 36.1 Å². The zero-order valence-corrected chi connectivity index (χ0v) is 8.44. The van der Waals surface area contributed by atoms with Gasteiger partial charge >= 0.3 is 12.4 Å². The van der Waals surface area contributed by atoms with Gasteiger partial charge in [0.05, 0.1) is 5.57 Å². The van der Waals surface area contributed by atoms with Crippen LogP contribution in [0, 0.1) is 5.41 Å². The van der Waals surface area contributed by atoms with Crippen molar-refractivity contribution in [2.45, 2.75) is 18.8 Å². The number of hydrogen-bond donors (Lipinski definition) is 1. The van der Waals surface area contributed by atoms with Gasteiger partial charge in [-0.25, -0.2) is 0 Å². The Morgan fingerprint density at radius 2 is 1.76 bits per heavy atom. The van der Waals surface area contributed by atoms with Crippen molar-refractivity contribution in [3.63, 3.8) is 0 Å². The minimum atomic E-state index is -4.69. The summed E-state index contributed by atoms with van der Waals surface area (Å²) in [6.45, 7) is 0. The first-order valence-corrected chi connectivity index (χ1v) is 4.55. The number of alkyl halides is 6. The minimum absolute atomic E-state index is 0.428. The topological polar surface area (TPSA) is 26.0 Å². The molecule has 0 aromatic heterocycles. The van der Waals surface area contributed by atoms with Crippen molar-refractivity contribution >= 4 is 0 Å². The molecular formula is C10H9F6N. The van der Waals surface area contributed by atoms with E-state index in [1.54, 1.807) is 0 Å². The van der Waals surface area contributed by atoms with E-state index in [-0.39, 0.29) is 0 Å². The van der Waals surface area contributed by atoms with Gasteiger partial charge in [-0.2, -0.15) is 26.3 Å². The van der Waals surface area contributed by atoms with E-state index in [9.17, 15) is 26.3 Å². The number of allylic oxidation sites excluding steroid dienone is 5. The van der Waals surface area contributed by atoms with E-state index in [0.29, 0.717) is 30.5 Å². The summed E-state index contributed by atoms with van der Waals surface area (Å²) in [5, 5.41) is 0. The van der Waals surface area contributed by atoms with E-state index < -0.39 is 29.8 Å². The number of halogens is 6. The Labute approximate surface area is 93.3 Å². The quantitative estimate of drug-likeness (QED) is 0.715. The molecule has 0 spiro atoms. The Morgan fingerprint density at radius 3 is 2.06 bits per heavy atom. The molecule has 0 heterocycles. The fourth-order valence-electron chi connectivity index (χ4n) is 1.46. The van der Waals surface area contributed by atoms with Gasteiger partial charge in [-0.05, 0) is 18.7 Å². The maximum Gasteiger partial charge on any atom is 0.416 e. The molecule has 96 valence electrons. The van der Waals surface area contributed by atoms with E-state index in [1.807, 2.05) is 0 Å². The summed E-state index contributed by atoms with van der Waals surface area (Å²) in [6, 6.07) is 0. The first-order valence-electron chi connectivity index (χ1n) is 4.55. The van der Waals surface area contributed by atoms with Crippen LogP contribution >= 0.6 is 0 Å². The largest absolute Gasteiger partial charge is 0.416 e. The molecule has 0 saturated heterocycles. The van der Waals surface area contributed by atoms with Crippen LogP contribution in [0.2, 0.25) is 0 Å². The zero-order chi connectivity index (χ0) is 13.3. The third-order valence-corrected chi connectivity index (χ3v) is 2.47. The van der Waals surface area contributed by atoms with E-state index in [2.05, 4.69) is 0 Å². The average molecular weight is 257 g/mol. The minimum Gasteiger partial charge on any atom is -0.405 e. The summed E-state index contributed by atoms with van der Waals surface area (Å²) < 4.78 is 74.9. The lowest BCUT2D eigenvalue weighted by molar-refractivity contribution is -0.189. The van der Waals surface area contributed by atoms with Crippen molar-refractivity contribution in [1.29, 1.82) is 0 Å². The van der Waals surface area contributed by atoms with Gasteiger partial charge in [0, 0.05) is 0 Å². The van der Waals surface area contributed by atoms with Gasteiger partial charge in [-0.3, -0.25) is 0 Å². The molecule has 1 aliphatic rings. The van der Waals surface area contributed by atoms with Gasteiger partial charge < -0.3 is 5.73 Å². The van der Waals surface area contributed by atoms with Crippen LogP contribution in [0.3, 0.4) is 0 Å². The molecule has 1 rings (SSSR count). The fraction of sp³-hybridized carbons (Fsp3) is 0.400. The lowest BCUT2D eigenvalue weighted by atomic mass is 9.79. The molecule has 0 aromatic rings. The SMILES string of the molecule is NC=CC1(C(F)(F)F)C=CC(C(F)(F)F)=CC1. The van der Waals surface area contributed by atoms with Crippen LogP contribution in [0.4, 0.5) is 26.3 Å². The average Bonchev–Trinajstić information content (AvgIpc) is 2.15. The molecule has 1 nitrogen and oxygen atoms in total. The van der Waals surface area contributed by atoms with Gasteiger partial charge in [-0.15, -0.1) is 0 Å². The second-order valence-electron chi connectivity index (χ2n) is 3.59. The van der Waals surface area contributed by atoms with Crippen molar-refractivity contribution in [1.82, 2.24) is 0 Å². The van der Waals surface area contributed by atoms with Crippen LogP contribution in [0.1, 0.15) is 6.42 Å². The second-order valence-corrected chi connectivity index (χ2v) is 3.59. The van der Waals surface area contributed by atoms with Gasteiger partial charge in [0.15, 0.2) is 0 Å². The Bertz CT molecular complexity index is 373. The molecule has 1 atom stereocenters. The van der Waals surface area contributed by atoms with Crippen LogP contribution in [-0.2, 0) is 0 Å². The molecule has 0 amide bonds. The summed E-state index contributed by atoms with van der Waals surface area (Å²) in [5.74, 6) is 0. The van der Waals surface area contributed by atoms with Crippen molar-refractivity contribution in [3.8, 4) is 0 Å². The highest BCUT2D eigenvalue weighted by molar-refractivity contribution is 5.34. The van der Waals surface area contributed by atoms with Crippen LogP contribution in [0.25, 0.3) is 0 Å². The van der Waals surface area contributed by atoms with E-state index >= 15 is 0 Å². The molecule has 0 aliphatic heterocycles. The Hall–Kier alpha value is -1.40. The highest BCUT2D eigenvalue weighted by Crippen LogP contribution is 2.47. The number of hydrogen-bond acceptors (Lipinski definition) is 1. The highest BCUT2D eigenvalue weighted by atomic mass is 19.4. The zero-order valence-electron chi connectivity index (χ0n) is 8.44. The van der Waals surface area contributed by atoms with Crippen LogP contribution in [-0.4, -0.2) is 12.4 Å². The third-order valence-electron chi connectivity index (χ3n) is 2.47. The Kier molecular flexibility index (Phi) is 3.31. The Balaban J connectivity index is 3.07. The number of nitrogens with two attached hydrogens (primary N) is 1. The summed E-state index contributed by atoms with van der Waals surface area (Å²) in [5.41, 5.74) is 1.38. The van der Waals surface area contributed by atoms with Crippen molar-refractivity contribution in [2.75, 3.05) is 0 Å².